The highest BCUT2D eigenvalue weighted by molar-refractivity contribution is 7.89. The minimum Gasteiger partial charge on any atom is -0.355 e. The van der Waals surface area contributed by atoms with Crippen molar-refractivity contribution >= 4 is 15.9 Å². The van der Waals surface area contributed by atoms with Crippen LogP contribution >= 0.6 is 0 Å². The molecule has 6 nitrogen and oxygen atoms in total. The summed E-state index contributed by atoms with van der Waals surface area (Å²) in [4.78, 5) is 15.1. The van der Waals surface area contributed by atoms with Crippen molar-refractivity contribution in [3.8, 4) is 0 Å². The third-order valence-corrected chi connectivity index (χ3v) is 8.54. The zero-order chi connectivity index (χ0) is 21.4. The second kappa shape index (κ2) is 11.3. The molecule has 0 spiro atoms. The summed E-state index contributed by atoms with van der Waals surface area (Å²) in [7, 11) is -3.41. The fourth-order valence-corrected chi connectivity index (χ4v) is 6.07. The van der Waals surface area contributed by atoms with Crippen LogP contribution in [-0.2, 0) is 14.8 Å². The smallest absolute Gasteiger partial charge is 0.243 e. The molecule has 1 amide bonds. The van der Waals surface area contributed by atoms with E-state index in [4.69, 9.17) is 0 Å². The number of amides is 1. The molecule has 1 aliphatic carbocycles. The van der Waals surface area contributed by atoms with Crippen LogP contribution in [0.25, 0.3) is 0 Å². The Kier molecular flexibility index (Phi) is 8.72. The van der Waals surface area contributed by atoms with Gasteiger partial charge in [0.2, 0.25) is 15.9 Å². The van der Waals surface area contributed by atoms with Gasteiger partial charge in [0, 0.05) is 45.2 Å². The first-order chi connectivity index (χ1) is 14.5. The first kappa shape index (κ1) is 23.2. The number of nitrogens with zero attached hydrogens (tertiary/aromatic N) is 2. The molecule has 2 aliphatic rings. The summed E-state index contributed by atoms with van der Waals surface area (Å²) in [5, 5.41) is 3.11. The molecule has 1 heterocycles. The minimum absolute atomic E-state index is 0.177. The number of nitrogens with one attached hydrogen (secondary N) is 1. The van der Waals surface area contributed by atoms with Gasteiger partial charge in [-0.3, -0.25) is 9.69 Å². The van der Waals surface area contributed by atoms with Crippen molar-refractivity contribution in [3.05, 3.63) is 30.3 Å². The topological polar surface area (TPSA) is 69.7 Å². The molecule has 2 fully saturated rings. The van der Waals surface area contributed by atoms with Gasteiger partial charge in [-0.2, -0.15) is 4.31 Å². The van der Waals surface area contributed by atoms with E-state index in [0.29, 0.717) is 37.6 Å². The molecule has 1 saturated carbocycles. The molecule has 1 aromatic rings. The van der Waals surface area contributed by atoms with E-state index in [2.05, 4.69) is 17.1 Å². The summed E-state index contributed by atoms with van der Waals surface area (Å²) < 4.78 is 27.0. The van der Waals surface area contributed by atoms with Gasteiger partial charge in [-0.25, -0.2) is 8.42 Å². The van der Waals surface area contributed by atoms with E-state index in [9.17, 15) is 13.2 Å². The molecule has 0 radical (unpaired) electrons. The van der Waals surface area contributed by atoms with Crippen molar-refractivity contribution in [3.63, 3.8) is 0 Å². The van der Waals surface area contributed by atoms with Gasteiger partial charge in [0.05, 0.1) is 4.90 Å². The standard InChI is InChI=1S/C23H37N3O3S/c1-2-3-7-20-10-12-21(13-11-20)23(27)24-14-15-25-16-18-26(19-17-25)30(28,29)22-8-5-4-6-9-22/h4-6,8-9,20-21H,2-3,7,10-19H2,1H3,(H,24,27). The molecule has 0 atom stereocenters. The Morgan fingerprint density at radius 2 is 1.70 bits per heavy atom. The number of piperazine rings is 1. The van der Waals surface area contributed by atoms with Crippen LogP contribution in [0.15, 0.2) is 35.2 Å². The number of unbranched alkanes of at least 4 members (excludes halogenated alkanes) is 1. The summed E-state index contributed by atoms with van der Waals surface area (Å²) in [6.07, 6.45) is 8.31. The van der Waals surface area contributed by atoms with E-state index < -0.39 is 10.0 Å². The molecular weight excluding hydrogens is 398 g/mol. The third kappa shape index (κ3) is 6.28. The van der Waals surface area contributed by atoms with Crippen molar-refractivity contribution in [2.24, 2.45) is 11.8 Å². The number of hydrogen-bond acceptors (Lipinski definition) is 4. The Hall–Kier alpha value is -1.44. The number of rotatable bonds is 9. The van der Waals surface area contributed by atoms with Crippen molar-refractivity contribution in [2.45, 2.75) is 56.8 Å². The SMILES string of the molecule is CCCCC1CCC(C(=O)NCCN2CCN(S(=O)(=O)c3ccccc3)CC2)CC1. The first-order valence-corrected chi connectivity index (χ1v) is 13.0. The lowest BCUT2D eigenvalue weighted by atomic mass is 9.79. The molecule has 0 unspecified atom stereocenters. The summed E-state index contributed by atoms with van der Waals surface area (Å²) in [6.45, 7) is 6.03. The average molecular weight is 436 g/mol. The van der Waals surface area contributed by atoms with Crippen LogP contribution in [0, 0.1) is 11.8 Å². The fraction of sp³-hybridized carbons (Fsp3) is 0.696. The second-order valence-electron chi connectivity index (χ2n) is 8.71. The second-order valence-corrected chi connectivity index (χ2v) is 10.6. The van der Waals surface area contributed by atoms with E-state index in [1.165, 1.54) is 32.1 Å². The lowest BCUT2D eigenvalue weighted by Gasteiger charge is -2.34. The van der Waals surface area contributed by atoms with E-state index in [1.54, 1.807) is 28.6 Å². The molecule has 7 heteroatoms. The highest BCUT2D eigenvalue weighted by atomic mass is 32.2. The molecule has 3 rings (SSSR count). The largest absolute Gasteiger partial charge is 0.355 e. The first-order valence-electron chi connectivity index (χ1n) is 11.6. The van der Waals surface area contributed by atoms with Crippen LogP contribution in [0.4, 0.5) is 0 Å². The Bertz CT molecular complexity index is 753. The number of hydrogen-bond donors (Lipinski definition) is 1. The molecule has 1 N–H and O–H groups in total. The quantitative estimate of drug-likeness (QED) is 0.647. The van der Waals surface area contributed by atoms with Crippen LogP contribution in [0.5, 0.6) is 0 Å². The Morgan fingerprint density at radius 3 is 2.33 bits per heavy atom. The predicted octanol–water partition coefficient (Wildman–Crippen LogP) is 3.11. The summed E-state index contributed by atoms with van der Waals surface area (Å²) in [6, 6.07) is 8.62. The van der Waals surface area contributed by atoms with Gasteiger partial charge in [-0.15, -0.1) is 0 Å². The van der Waals surface area contributed by atoms with Crippen LogP contribution < -0.4 is 5.32 Å². The van der Waals surface area contributed by atoms with Crippen LogP contribution in [-0.4, -0.2) is 62.8 Å². The normalized spacial score (nSPS) is 23.9. The average Bonchev–Trinajstić information content (AvgIpc) is 2.79. The molecular formula is C23H37N3O3S. The highest BCUT2D eigenvalue weighted by Gasteiger charge is 2.29. The van der Waals surface area contributed by atoms with E-state index in [0.717, 1.165) is 25.3 Å². The Labute approximate surface area is 182 Å². The summed E-state index contributed by atoms with van der Waals surface area (Å²) in [5.41, 5.74) is 0. The lowest BCUT2D eigenvalue weighted by Crippen LogP contribution is -2.50. The van der Waals surface area contributed by atoms with Gasteiger partial charge in [-0.1, -0.05) is 44.4 Å². The van der Waals surface area contributed by atoms with Crippen molar-refractivity contribution in [1.29, 1.82) is 0 Å². The monoisotopic (exact) mass is 435 g/mol. The molecule has 168 valence electrons. The maximum Gasteiger partial charge on any atom is 0.243 e. The van der Waals surface area contributed by atoms with Crippen LogP contribution in [0.1, 0.15) is 51.9 Å². The number of sulfonamides is 1. The van der Waals surface area contributed by atoms with Gasteiger partial charge in [0.15, 0.2) is 0 Å². The van der Waals surface area contributed by atoms with Gasteiger partial charge in [0.25, 0.3) is 0 Å². The maximum atomic E-state index is 12.7. The lowest BCUT2D eigenvalue weighted by molar-refractivity contribution is -0.126. The van der Waals surface area contributed by atoms with Crippen molar-refractivity contribution in [1.82, 2.24) is 14.5 Å². The molecule has 1 aliphatic heterocycles. The molecule has 30 heavy (non-hydrogen) atoms. The summed E-state index contributed by atoms with van der Waals surface area (Å²) in [5.74, 6) is 1.20. The van der Waals surface area contributed by atoms with Gasteiger partial charge >= 0.3 is 0 Å². The molecule has 0 aromatic heterocycles. The summed E-state index contributed by atoms with van der Waals surface area (Å²) >= 11 is 0. The highest BCUT2D eigenvalue weighted by Crippen LogP contribution is 2.31. The van der Waals surface area contributed by atoms with Crippen molar-refractivity contribution < 1.29 is 13.2 Å². The van der Waals surface area contributed by atoms with Crippen LogP contribution in [0.2, 0.25) is 0 Å². The van der Waals surface area contributed by atoms with E-state index in [-0.39, 0.29) is 11.8 Å². The number of benzene rings is 1. The van der Waals surface area contributed by atoms with Crippen LogP contribution in [0.3, 0.4) is 0 Å². The van der Waals surface area contributed by atoms with E-state index >= 15 is 0 Å². The van der Waals surface area contributed by atoms with E-state index in [1.807, 2.05) is 6.07 Å². The third-order valence-electron chi connectivity index (χ3n) is 6.62. The number of carbonyl (C=O) groups excluding carboxylic acids is 1. The fourth-order valence-electron chi connectivity index (χ4n) is 4.62. The number of carbonyl (C=O) groups is 1. The molecule has 0 bridgehead atoms. The molecule has 1 saturated heterocycles. The Balaban J connectivity index is 1.34. The zero-order valence-electron chi connectivity index (χ0n) is 18.3. The zero-order valence-corrected chi connectivity index (χ0v) is 19.1. The van der Waals surface area contributed by atoms with Gasteiger partial charge in [-0.05, 0) is 43.7 Å². The Morgan fingerprint density at radius 1 is 1.03 bits per heavy atom. The predicted molar refractivity (Wildman–Crippen MR) is 120 cm³/mol. The molecule has 1 aromatic carbocycles. The maximum absolute atomic E-state index is 12.7. The minimum atomic E-state index is -3.41. The van der Waals surface area contributed by atoms with Gasteiger partial charge in [0.1, 0.15) is 0 Å². The van der Waals surface area contributed by atoms with Gasteiger partial charge < -0.3 is 5.32 Å². The van der Waals surface area contributed by atoms with Crippen molar-refractivity contribution in [2.75, 3.05) is 39.3 Å².